The molecule has 0 spiro atoms. The number of halogens is 3. The molecule has 0 radical (unpaired) electrons. The zero-order valence-corrected chi connectivity index (χ0v) is 14.2. The molecule has 1 aromatic heterocycles. The lowest BCUT2D eigenvalue weighted by atomic mass is 10.0. The highest BCUT2D eigenvalue weighted by atomic mass is 19.4. The Morgan fingerprint density at radius 1 is 0.926 bits per heavy atom. The molecule has 8 heteroatoms. The summed E-state index contributed by atoms with van der Waals surface area (Å²) in [4.78, 5) is 16.2. The molecule has 3 rings (SSSR count). The Morgan fingerprint density at radius 2 is 1.56 bits per heavy atom. The third kappa shape index (κ3) is 4.11. The van der Waals surface area contributed by atoms with Gasteiger partial charge in [0, 0.05) is 11.1 Å². The average Bonchev–Trinajstić information content (AvgIpc) is 2.68. The van der Waals surface area contributed by atoms with Crippen LogP contribution in [0.25, 0.3) is 22.5 Å². The van der Waals surface area contributed by atoms with E-state index in [1.54, 1.807) is 31.2 Å². The Hall–Kier alpha value is -3.29. The molecule has 1 heterocycles. The number of rotatable bonds is 4. The van der Waals surface area contributed by atoms with Gasteiger partial charge in [0.15, 0.2) is 0 Å². The second-order valence-electron chi connectivity index (χ2n) is 5.49. The van der Waals surface area contributed by atoms with Crippen LogP contribution in [0.1, 0.15) is 23.1 Å². The molecule has 138 valence electrons. The third-order valence-electron chi connectivity index (χ3n) is 3.68. The van der Waals surface area contributed by atoms with Crippen molar-refractivity contribution in [2.45, 2.75) is 13.1 Å². The molecule has 0 amide bonds. The first-order valence-electron chi connectivity index (χ1n) is 8.05. The predicted molar refractivity (Wildman–Crippen MR) is 91.7 cm³/mol. The number of hydrogen-bond donors (Lipinski definition) is 0. The van der Waals surface area contributed by atoms with Gasteiger partial charge in [0.05, 0.1) is 12.2 Å². The summed E-state index contributed by atoms with van der Waals surface area (Å²) in [6.07, 6.45) is -4.43. The summed E-state index contributed by atoms with van der Waals surface area (Å²) in [5.41, 5.74) is 0.873. The molecule has 0 atom stereocenters. The second kappa shape index (κ2) is 7.53. The van der Waals surface area contributed by atoms with E-state index in [4.69, 9.17) is 4.74 Å². The third-order valence-corrected chi connectivity index (χ3v) is 3.68. The molecule has 0 aliphatic carbocycles. The summed E-state index contributed by atoms with van der Waals surface area (Å²) in [5, 5.41) is 7.80. The highest BCUT2D eigenvalue weighted by Crippen LogP contribution is 2.33. The van der Waals surface area contributed by atoms with Gasteiger partial charge >= 0.3 is 12.1 Å². The van der Waals surface area contributed by atoms with Gasteiger partial charge in [-0.1, -0.05) is 42.5 Å². The van der Waals surface area contributed by atoms with Crippen LogP contribution in [0.3, 0.4) is 0 Å². The van der Waals surface area contributed by atoms with Gasteiger partial charge in [-0.3, -0.25) is 0 Å². The molecule has 2 aromatic carbocycles. The van der Waals surface area contributed by atoms with Gasteiger partial charge in [-0.05, 0) is 19.1 Å². The number of esters is 1. The predicted octanol–water partition coefficient (Wildman–Crippen LogP) is 4.40. The van der Waals surface area contributed by atoms with Gasteiger partial charge in [0.2, 0.25) is 0 Å². The van der Waals surface area contributed by atoms with Crippen molar-refractivity contribution in [1.82, 2.24) is 15.2 Å². The van der Waals surface area contributed by atoms with Crippen LogP contribution in [0.5, 0.6) is 0 Å². The van der Waals surface area contributed by atoms with E-state index in [-0.39, 0.29) is 18.1 Å². The quantitative estimate of drug-likeness (QED) is 0.634. The number of carbonyl (C=O) groups is 1. The van der Waals surface area contributed by atoms with Crippen molar-refractivity contribution in [1.29, 1.82) is 0 Å². The number of alkyl halides is 3. The highest BCUT2D eigenvalue weighted by molar-refractivity contribution is 5.87. The van der Waals surface area contributed by atoms with Crippen LogP contribution < -0.4 is 0 Å². The lowest BCUT2D eigenvalue weighted by Gasteiger charge is -2.11. The molecule has 0 bridgehead atoms. The maximum atomic E-state index is 12.8. The molecular weight excluding hydrogens is 359 g/mol. The van der Waals surface area contributed by atoms with E-state index in [1.807, 2.05) is 6.07 Å². The number of nitrogens with zero attached hydrogens (tertiary/aromatic N) is 3. The van der Waals surface area contributed by atoms with Crippen LogP contribution in [0.4, 0.5) is 13.2 Å². The van der Waals surface area contributed by atoms with Crippen molar-refractivity contribution < 1.29 is 22.7 Å². The van der Waals surface area contributed by atoms with Crippen LogP contribution in [0, 0.1) is 0 Å². The van der Waals surface area contributed by atoms with E-state index >= 15 is 0 Å². The van der Waals surface area contributed by atoms with Gasteiger partial charge in [-0.25, -0.2) is 9.78 Å². The Labute approximate surface area is 152 Å². The monoisotopic (exact) mass is 373 g/mol. The minimum Gasteiger partial charge on any atom is -0.460 e. The Bertz CT molecular complexity index is 943. The summed E-state index contributed by atoms with van der Waals surface area (Å²) < 4.78 is 43.3. The first-order chi connectivity index (χ1) is 12.9. The minimum atomic E-state index is -4.43. The van der Waals surface area contributed by atoms with Gasteiger partial charge in [-0.2, -0.15) is 13.2 Å². The maximum absolute atomic E-state index is 12.8. The summed E-state index contributed by atoms with van der Waals surface area (Å²) in [6, 6.07) is 13.4. The van der Waals surface area contributed by atoms with Crippen LogP contribution in [0.2, 0.25) is 0 Å². The van der Waals surface area contributed by atoms with E-state index < -0.39 is 17.7 Å². The molecule has 0 unspecified atom stereocenters. The smallest absolute Gasteiger partial charge is 0.416 e. The van der Waals surface area contributed by atoms with Crippen molar-refractivity contribution in [2.24, 2.45) is 0 Å². The van der Waals surface area contributed by atoms with Gasteiger partial charge in [0.1, 0.15) is 11.4 Å². The van der Waals surface area contributed by atoms with E-state index in [9.17, 15) is 18.0 Å². The molecule has 0 N–H and O–H groups in total. The van der Waals surface area contributed by atoms with Crippen LogP contribution >= 0.6 is 0 Å². The first-order valence-corrected chi connectivity index (χ1v) is 8.05. The van der Waals surface area contributed by atoms with Crippen molar-refractivity contribution in [2.75, 3.05) is 6.61 Å². The molecule has 0 aliphatic rings. The van der Waals surface area contributed by atoms with Crippen LogP contribution in [0.15, 0.2) is 54.6 Å². The fourth-order valence-electron chi connectivity index (χ4n) is 2.42. The zero-order chi connectivity index (χ0) is 19.4. The van der Waals surface area contributed by atoms with Gasteiger partial charge in [-0.15, -0.1) is 10.2 Å². The van der Waals surface area contributed by atoms with E-state index in [0.29, 0.717) is 16.8 Å². The zero-order valence-electron chi connectivity index (χ0n) is 14.2. The number of benzene rings is 2. The number of ether oxygens (including phenoxy) is 1. The molecule has 0 fully saturated rings. The molecular formula is C19H14F3N3O2. The second-order valence-corrected chi connectivity index (χ2v) is 5.49. The number of carbonyl (C=O) groups excluding carboxylic acids is 1. The Kier molecular flexibility index (Phi) is 5.16. The Morgan fingerprint density at radius 3 is 2.15 bits per heavy atom. The van der Waals surface area contributed by atoms with E-state index in [1.165, 1.54) is 12.1 Å². The molecule has 5 nitrogen and oxygen atoms in total. The Balaban J connectivity index is 2.10. The largest absolute Gasteiger partial charge is 0.460 e. The molecule has 27 heavy (non-hydrogen) atoms. The molecule has 3 aromatic rings. The standard InChI is InChI=1S/C19H14F3N3O2/c1-2-27-18(26)17-23-15(12-6-4-3-5-7-12)16(24-25-17)13-8-10-14(11-9-13)19(20,21)22/h3-11H,2H2,1H3. The summed E-state index contributed by atoms with van der Waals surface area (Å²) in [6.45, 7) is 1.81. The SMILES string of the molecule is CCOC(=O)c1nnc(-c2ccc(C(F)(F)F)cc2)c(-c2ccccc2)n1. The van der Waals surface area contributed by atoms with Crippen molar-refractivity contribution in [3.05, 3.63) is 66.0 Å². The van der Waals surface area contributed by atoms with Crippen LogP contribution in [-0.4, -0.2) is 27.8 Å². The number of hydrogen-bond acceptors (Lipinski definition) is 5. The topological polar surface area (TPSA) is 65.0 Å². The van der Waals surface area contributed by atoms with Gasteiger partial charge < -0.3 is 4.74 Å². The summed E-state index contributed by atoms with van der Waals surface area (Å²) in [7, 11) is 0. The summed E-state index contributed by atoms with van der Waals surface area (Å²) in [5.74, 6) is -0.937. The molecule has 0 aliphatic heterocycles. The average molecular weight is 373 g/mol. The molecule has 0 saturated heterocycles. The highest BCUT2D eigenvalue weighted by Gasteiger charge is 2.30. The van der Waals surface area contributed by atoms with E-state index in [2.05, 4.69) is 15.2 Å². The lowest BCUT2D eigenvalue weighted by Crippen LogP contribution is -2.12. The molecule has 0 saturated carbocycles. The maximum Gasteiger partial charge on any atom is 0.416 e. The van der Waals surface area contributed by atoms with Crippen molar-refractivity contribution in [3.8, 4) is 22.5 Å². The first kappa shape index (κ1) is 18.5. The van der Waals surface area contributed by atoms with Crippen molar-refractivity contribution >= 4 is 5.97 Å². The van der Waals surface area contributed by atoms with E-state index in [0.717, 1.165) is 12.1 Å². The normalized spacial score (nSPS) is 11.3. The minimum absolute atomic E-state index is 0.156. The van der Waals surface area contributed by atoms with Crippen LogP contribution in [-0.2, 0) is 10.9 Å². The summed E-state index contributed by atoms with van der Waals surface area (Å²) >= 11 is 0. The van der Waals surface area contributed by atoms with Gasteiger partial charge in [0.25, 0.3) is 5.82 Å². The lowest BCUT2D eigenvalue weighted by molar-refractivity contribution is -0.137. The fraction of sp³-hybridized carbons (Fsp3) is 0.158. The number of aromatic nitrogens is 3. The fourth-order valence-corrected chi connectivity index (χ4v) is 2.42. The van der Waals surface area contributed by atoms with Crippen molar-refractivity contribution in [3.63, 3.8) is 0 Å².